The first kappa shape index (κ1) is 25.8. The lowest BCUT2D eigenvalue weighted by molar-refractivity contribution is 0.507. The average molecular weight is 547 g/mol. The zero-order valence-electron chi connectivity index (χ0n) is 19.7. The van der Waals surface area contributed by atoms with Gasteiger partial charge in [0.05, 0.1) is 13.1 Å². The van der Waals surface area contributed by atoms with E-state index in [1.807, 2.05) is 36.7 Å². The highest BCUT2D eigenvalue weighted by Crippen LogP contribution is 2.22. The van der Waals surface area contributed by atoms with Gasteiger partial charge in [0, 0.05) is 19.0 Å². The van der Waals surface area contributed by atoms with Gasteiger partial charge in [-0.15, -0.1) is 34.2 Å². The van der Waals surface area contributed by atoms with Gasteiger partial charge in [-0.05, 0) is 30.0 Å². The number of hydrogen-bond donors (Lipinski definition) is 2. The zero-order valence-corrected chi connectivity index (χ0v) is 22.1. The summed E-state index contributed by atoms with van der Waals surface area (Å²) in [5.41, 5.74) is 3.80. The van der Waals surface area contributed by atoms with Crippen molar-refractivity contribution in [3.63, 3.8) is 0 Å². The van der Waals surface area contributed by atoms with Crippen molar-refractivity contribution in [2.75, 3.05) is 6.54 Å². The predicted octanol–water partition coefficient (Wildman–Crippen LogP) is 4.52. The third-order valence-electron chi connectivity index (χ3n) is 5.70. The van der Waals surface area contributed by atoms with Crippen LogP contribution in [0.4, 0.5) is 0 Å². The van der Waals surface area contributed by atoms with Crippen molar-refractivity contribution in [1.29, 1.82) is 0 Å². The first-order valence-corrected chi connectivity index (χ1v) is 10.9. The molecule has 0 spiro atoms. The van der Waals surface area contributed by atoms with E-state index < -0.39 is 0 Å². The second-order valence-electron chi connectivity index (χ2n) is 8.51. The summed E-state index contributed by atoms with van der Waals surface area (Å²) in [6, 6.07) is 19.2. The Morgan fingerprint density at radius 1 is 0.969 bits per heavy atom. The van der Waals surface area contributed by atoms with Crippen LogP contribution in [0.3, 0.4) is 0 Å². The number of benzene rings is 2. The summed E-state index contributed by atoms with van der Waals surface area (Å²) in [6.45, 7) is 10.6. The first-order valence-electron chi connectivity index (χ1n) is 10.9. The van der Waals surface area contributed by atoms with E-state index in [-0.39, 0.29) is 29.4 Å². The van der Waals surface area contributed by atoms with Crippen LogP contribution in [0.25, 0.3) is 0 Å². The van der Waals surface area contributed by atoms with Gasteiger partial charge >= 0.3 is 0 Å². The second-order valence-corrected chi connectivity index (χ2v) is 8.51. The first-order chi connectivity index (χ1) is 14.9. The fourth-order valence-corrected chi connectivity index (χ4v) is 3.29. The molecule has 0 fully saturated rings. The van der Waals surface area contributed by atoms with E-state index in [0.717, 1.165) is 30.6 Å². The van der Waals surface area contributed by atoms with Crippen LogP contribution in [-0.4, -0.2) is 27.3 Å². The van der Waals surface area contributed by atoms with Crippen molar-refractivity contribution in [3.8, 4) is 0 Å². The van der Waals surface area contributed by atoms with E-state index in [9.17, 15) is 0 Å². The fourth-order valence-electron chi connectivity index (χ4n) is 3.29. The number of nitrogens with one attached hydrogen (secondary N) is 2. The lowest BCUT2D eigenvalue weighted by atomic mass is 9.84. The van der Waals surface area contributed by atoms with Crippen LogP contribution in [0.2, 0.25) is 0 Å². The second kappa shape index (κ2) is 12.0. The molecule has 3 rings (SSSR count). The predicted molar refractivity (Wildman–Crippen MR) is 142 cm³/mol. The molecule has 0 amide bonds. The van der Waals surface area contributed by atoms with E-state index in [2.05, 4.69) is 78.0 Å². The standard InChI is InChI=1S/C25H34N6.HI/c1-6-20-12-14-22(15-13-20)25(3,4)18-28-24(26-16-21-10-8-7-9-11-21)27-17-23-30-29-19(2)31(23)5;/h7-15H,6,16-18H2,1-5H3,(H2,26,27,28);1H. The smallest absolute Gasteiger partial charge is 0.192 e. The summed E-state index contributed by atoms with van der Waals surface area (Å²) < 4.78 is 1.99. The van der Waals surface area contributed by atoms with Crippen LogP contribution in [0.1, 0.15) is 49.1 Å². The van der Waals surface area contributed by atoms with E-state index >= 15 is 0 Å². The van der Waals surface area contributed by atoms with Gasteiger partial charge in [-0.3, -0.25) is 0 Å². The molecule has 0 aliphatic carbocycles. The van der Waals surface area contributed by atoms with Crippen molar-refractivity contribution >= 4 is 29.9 Å². The van der Waals surface area contributed by atoms with Gasteiger partial charge in [-0.2, -0.15) is 0 Å². The lowest BCUT2D eigenvalue weighted by Crippen LogP contribution is -2.43. The number of guanidine groups is 1. The summed E-state index contributed by atoms with van der Waals surface area (Å²) in [5, 5.41) is 15.3. The van der Waals surface area contributed by atoms with Crippen molar-refractivity contribution in [3.05, 3.63) is 82.9 Å². The van der Waals surface area contributed by atoms with Gasteiger partial charge in [0.2, 0.25) is 0 Å². The summed E-state index contributed by atoms with van der Waals surface area (Å²) in [5.74, 6) is 2.54. The Morgan fingerprint density at radius 2 is 1.66 bits per heavy atom. The molecule has 0 aliphatic heterocycles. The Labute approximate surface area is 209 Å². The molecule has 3 aromatic rings. The number of halogens is 1. The third kappa shape index (κ3) is 7.05. The van der Waals surface area contributed by atoms with Gasteiger partial charge in [0.15, 0.2) is 11.8 Å². The molecule has 7 heteroatoms. The summed E-state index contributed by atoms with van der Waals surface area (Å²) in [6.07, 6.45) is 1.06. The molecule has 2 aromatic carbocycles. The lowest BCUT2D eigenvalue weighted by Gasteiger charge is -2.27. The molecular weight excluding hydrogens is 511 g/mol. The van der Waals surface area contributed by atoms with Crippen LogP contribution >= 0.6 is 24.0 Å². The SMILES string of the molecule is CCc1ccc(C(C)(C)CNC(=NCc2ccccc2)NCc2nnc(C)n2C)cc1.I. The quantitative estimate of drug-likeness (QED) is 0.248. The molecule has 2 N–H and O–H groups in total. The minimum atomic E-state index is -0.0389. The molecular formula is C25H35IN6. The highest BCUT2D eigenvalue weighted by atomic mass is 127. The Morgan fingerprint density at radius 3 is 2.25 bits per heavy atom. The Hall–Kier alpha value is -2.42. The van der Waals surface area contributed by atoms with Gasteiger partial charge in [-0.1, -0.05) is 75.4 Å². The molecule has 0 bridgehead atoms. The molecule has 0 atom stereocenters. The average Bonchev–Trinajstić information content (AvgIpc) is 3.11. The highest BCUT2D eigenvalue weighted by Gasteiger charge is 2.21. The van der Waals surface area contributed by atoms with Crippen molar-refractivity contribution < 1.29 is 0 Å². The van der Waals surface area contributed by atoms with Gasteiger partial charge in [0.1, 0.15) is 5.82 Å². The molecule has 0 aliphatic rings. The number of nitrogens with zero attached hydrogens (tertiary/aromatic N) is 4. The molecule has 0 saturated heterocycles. The minimum absolute atomic E-state index is 0. The van der Waals surface area contributed by atoms with Gasteiger partial charge in [-0.25, -0.2) is 4.99 Å². The molecule has 0 saturated carbocycles. The monoisotopic (exact) mass is 546 g/mol. The molecule has 0 unspecified atom stereocenters. The van der Waals surface area contributed by atoms with Gasteiger partial charge in [0.25, 0.3) is 0 Å². The molecule has 1 aromatic heterocycles. The molecule has 172 valence electrons. The summed E-state index contributed by atoms with van der Waals surface area (Å²) in [7, 11) is 1.98. The van der Waals surface area contributed by atoms with Crippen LogP contribution in [0, 0.1) is 6.92 Å². The number of aromatic nitrogens is 3. The van der Waals surface area contributed by atoms with E-state index in [4.69, 9.17) is 4.99 Å². The Balaban J connectivity index is 0.00000363. The number of hydrogen-bond acceptors (Lipinski definition) is 3. The summed E-state index contributed by atoms with van der Waals surface area (Å²) >= 11 is 0. The third-order valence-corrected chi connectivity index (χ3v) is 5.70. The van der Waals surface area contributed by atoms with Crippen molar-refractivity contribution in [2.45, 2.75) is 52.6 Å². The van der Waals surface area contributed by atoms with Crippen molar-refractivity contribution in [2.24, 2.45) is 12.0 Å². The maximum Gasteiger partial charge on any atom is 0.192 e. The van der Waals surface area contributed by atoms with Gasteiger partial charge < -0.3 is 15.2 Å². The topological polar surface area (TPSA) is 67.1 Å². The maximum atomic E-state index is 4.81. The van der Waals surface area contributed by atoms with E-state index in [0.29, 0.717) is 13.1 Å². The zero-order chi connectivity index (χ0) is 22.3. The van der Waals surface area contributed by atoms with Crippen molar-refractivity contribution in [1.82, 2.24) is 25.4 Å². The van der Waals surface area contributed by atoms with Crippen LogP contribution in [0.5, 0.6) is 0 Å². The fraction of sp³-hybridized carbons (Fsp3) is 0.400. The molecule has 0 radical (unpaired) electrons. The van der Waals surface area contributed by atoms with Crippen LogP contribution in [-0.2, 0) is 32.0 Å². The molecule has 1 heterocycles. The normalized spacial score (nSPS) is 11.7. The van der Waals surface area contributed by atoms with E-state index in [1.54, 1.807) is 0 Å². The maximum absolute atomic E-state index is 4.81. The Bertz CT molecular complexity index is 993. The Kier molecular flexibility index (Phi) is 9.68. The molecule has 6 nitrogen and oxygen atoms in total. The highest BCUT2D eigenvalue weighted by molar-refractivity contribution is 14.0. The molecule has 32 heavy (non-hydrogen) atoms. The number of aryl methyl sites for hydroxylation is 2. The minimum Gasteiger partial charge on any atom is -0.356 e. The number of aliphatic imine (C=N–C) groups is 1. The number of rotatable bonds is 8. The largest absolute Gasteiger partial charge is 0.356 e. The van der Waals surface area contributed by atoms with Crippen LogP contribution < -0.4 is 10.6 Å². The van der Waals surface area contributed by atoms with E-state index in [1.165, 1.54) is 16.7 Å². The summed E-state index contributed by atoms with van der Waals surface area (Å²) in [4.78, 5) is 4.81. The van der Waals surface area contributed by atoms with Crippen LogP contribution in [0.15, 0.2) is 59.6 Å².